The van der Waals surface area contributed by atoms with Crippen LogP contribution in [-0.4, -0.2) is 22.3 Å². The quantitative estimate of drug-likeness (QED) is 0.435. The molecule has 3 nitrogen and oxygen atoms in total. The van der Waals surface area contributed by atoms with E-state index < -0.39 is 12.7 Å². The molecule has 0 saturated carbocycles. The molecule has 1 aromatic heterocycles. The number of nitrogens with two attached hydrogens (primary N) is 1. The Labute approximate surface area is 182 Å². The van der Waals surface area contributed by atoms with Gasteiger partial charge in [-0.25, -0.2) is 18.2 Å². The van der Waals surface area contributed by atoms with Crippen LogP contribution < -0.4 is 5.73 Å². The van der Waals surface area contributed by atoms with E-state index in [1.165, 1.54) is 24.3 Å². The Bertz CT molecular complexity index is 997. The van der Waals surface area contributed by atoms with Crippen LogP contribution in [0.4, 0.5) is 13.2 Å². The van der Waals surface area contributed by atoms with Crippen molar-refractivity contribution < 1.29 is 13.2 Å². The second-order valence-corrected chi connectivity index (χ2v) is 8.69. The summed E-state index contributed by atoms with van der Waals surface area (Å²) >= 11 is 0. The third kappa shape index (κ3) is 6.69. The predicted octanol–water partition coefficient (Wildman–Crippen LogP) is 5.92. The second-order valence-electron chi connectivity index (χ2n) is 8.69. The van der Waals surface area contributed by atoms with Crippen LogP contribution in [0.25, 0.3) is 11.3 Å². The molecule has 0 aliphatic carbocycles. The number of alkyl halides is 1. The van der Waals surface area contributed by atoms with E-state index in [4.69, 9.17) is 10.7 Å². The molecule has 3 rings (SSSR count). The standard InChI is InChI=1S/C25H29F3N3/c1-25(2,11-5-10-22(29)15-26)14-24-30-23(19-7-4-9-21(28)13-19)17-31(24)16-18-6-3-8-20(27)12-18/h3-4,6-9,12-14,17,22H,5,10-11,15-16,29H2,1-2H3/t22-/m1/s1. The number of halogens is 3. The Hall–Kier alpha value is -2.60. The zero-order chi connectivity index (χ0) is 22.4. The molecule has 0 saturated heterocycles. The van der Waals surface area contributed by atoms with Crippen LogP contribution >= 0.6 is 0 Å². The summed E-state index contributed by atoms with van der Waals surface area (Å²) in [7, 11) is 0. The van der Waals surface area contributed by atoms with Gasteiger partial charge >= 0.3 is 0 Å². The van der Waals surface area contributed by atoms with Gasteiger partial charge in [0.2, 0.25) is 0 Å². The van der Waals surface area contributed by atoms with E-state index in [9.17, 15) is 13.2 Å². The summed E-state index contributed by atoms with van der Waals surface area (Å²) in [4.78, 5) is 4.75. The molecule has 2 N–H and O–H groups in total. The van der Waals surface area contributed by atoms with Gasteiger partial charge in [-0.1, -0.05) is 44.5 Å². The van der Waals surface area contributed by atoms with Gasteiger partial charge in [0, 0.05) is 30.8 Å². The molecular weight excluding hydrogens is 399 g/mol. The second kappa shape index (κ2) is 10.1. The number of rotatable bonds is 10. The normalized spacial score (nSPS) is 12.8. The Morgan fingerprint density at radius 1 is 1.10 bits per heavy atom. The van der Waals surface area contributed by atoms with Gasteiger partial charge in [-0.05, 0) is 48.1 Å². The van der Waals surface area contributed by atoms with Gasteiger partial charge in [-0.3, -0.25) is 0 Å². The van der Waals surface area contributed by atoms with E-state index in [-0.39, 0.29) is 17.0 Å². The largest absolute Gasteiger partial charge is 0.330 e. The molecule has 0 bridgehead atoms. The third-order valence-electron chi connectivity index (χ3n) is 5.28. The number of imidazole rings is 1. The third-order valence-corrected chi connectivity index (χ3v) is 5.28. The smallest absolute Gasteiger partial charge is 0.123 e. The zero-order valence-electron chi connectivity index (χ0n) is 18.0. The zero-order valence-corrected chi connectivity index (χ0v) is 18.0. The molecule has 3 aromatic rings. The van der Waals surface area contributed by atoms with Crippen molar-refractivity contribution in [2.24, 2.45) is 11.1 Å². The van der Waals surface area contributed by atoms with Crippen LogP contribution in [0.5, 0.6) is 0 Å². The summed E-state index contributed by atoms with van der Waals surface area (Å²) in [6.45, 7) is 4.11. The Balaban J connectivity index is 1.85. The molecule has 165 valence electrons. The highest BCUT2D eigenvalue weighted by molar-refractivity contribution is 5.59. The van der Waals surface area contributed by atoms with Crippen LogP contribution in [0, 0.1) is 23.5 Å². The van der Waals surface area contributed by atoms with E-state index in [0.29, 0.717) is 24.2 Å². The summed E-state index contributed by atoms with van der Waals surface area (Å²) in [5.41, 5.74) is 7.63. The molecule has 0 aliphatic rings. The van der Waals surface area contributed by atoms with Crippen molar-refractivity contribution in [1.29, 1.82) is 0 Å². The molecule has 6 heteroatoms. The van der Waals surface area contributed by atoms with Crippen molar-refractivity contribution in [3.05, 3.63) is 84.2 Å². The first-order valence-electron chi connectivity index (χ1n) is 10.5. The van der Waals surface area contributed by atoms with E-state index in [2.05, 4.69) is 20.3 Å². The first-order chi connectivity index (χ1) is 14.8. The van der Waals surface area contributed by atoms with Crippen LogP contribution in [0.2, 0.25) is 0 Å². The molecule has 31 heavy (non-hydrogen) atoms. The average Bonchev–Trinajstić information content (AvgIpc) is 3.09. The SMILES string of the molecule is CC(C)([CH]c1nc(-c2cccc(F)c2)cn1Cc1cccc(F)c1)CCC[C@@H](N)CF. The summed E-state index contributed by atoms with van der Waals surface area (Å²) in [5.74, 6) is 0.105. The van der Waals surface area contributed by atoms with Crippen molar-refractivity contribution in [3.63, 3.8) is 0 Å². The fraction of sp³-hybridized carbons (Fsp3) is 0.360. The Morgan fingerprint density at radius 2 is 1.81 bits per heavy atom. The lowest BCUT2D eigenvalue weighted by Gasteiger charge is -2.24. The van der Waals surface area contributed by atoms with Gasteiger partial charge in [-0.2, -0.15) is 0 Å². The van der Waals surface area contributed by atoms with Gasteiger partial charge in [-0.15, -0.1) is 0 Å². The highest BCUT2D eigenvalue weighted by Crippen LogP contribution is 2.32. The predicted molar refractivity (Wildman–Crippen MR) is 118 cm³/mol. The average molecular weight is 429 g/mol. The molecule has 0 aliphatic heterocycles. The maximum absolute atomic E-state index is 13.7. The van der Waals surface area contributed by atoms with Crippen LogP contribution in [0.15, 0.2) is 54.7 Å². The number of aromatic nitrogens is 2. The maximum atomic E-state index is 13.7. The fourth-order valence-electron chi connectivity index (χ4n) is 3.61. The highest BCUT2D eigenvalue weighted by Gasteiger charge is 2.23. The van der Waals surface area contributed by atoms with Gasteiger partial charge in [0.1, 0.15) is 24.1 Å². The molecule has 1 heterocycles. The lowest BCUT2D eigenvalue weighted by Crippen LogP contribution is -2.23. The highest BCUT2D eigenvalue weighted by atomic mass is 19.1. The molecular formula is C25H29F3N3. The molecule has 0 spiro atoms. The van der Waals surface area contributed by atoms with Crippen molar-refractivity contribution in [3.8, 4) is 11.3 Å². The van der Waals surface area contributed by atoms with Gasteiger partial charge in [0.15, 0.2) is 0 Å². The number of nitrogens with zero attached hydrogens (tertiary/aromatic N) is 2. The maximum Gasteiger partial charge on any atom is 0.123 e. The first kappa shape index (κ1) is 23.1. The van der Waals surface area contributed by atoms with Crippen molar-refractivity contribution in [2.75, 3.05) is 6.67 Å². The van der Waals surface area contributed by atoms with Crippen LogP contribution in [0.1, 0.15) is 44.5 Å². The number of hydrogen-bond acceptors (Lipinski definition) is 2. The van der Waals surface area contributed by atoms with Crippen molar-refractivity contribution in [1.82, 2.24) is 9.55 Å². The lowest BCUT2D eigenvalue weighted by atomic mass is 9.83. The van der Waals surface area contributed by atoms with E-state index in [1.807, 2.05) is 22.9 Å². The van der Waals surface area contributed by atoms with Crippen molar-refractivity contribution >= 4 is 0 Å². The van der Waals surface area contributed by atoms with E-state index >= 15 is 0 Å². The molecule has 2 aromatic carbocycles. The summed E-state index contributed by atoms with van der Waals surface area (Å²) in [6.07, 6.45) is 6.18. The van der Waals surface area contributed by atoms with Crippen LogP contribution in [-0.2, 0) is 6.54 Å². The molecule has 1 radical (unpaired) electrons. The topological polar surface area (TPSA) is 43.8 Å². The van der Waals surface area contributed by atoms with Gasteiger partial charge in [0.25, 0.3) is 0 Å². The summed E-state index contributed by atoms with van der Waals surface area (Å²) < 4.78 is 42.0. The minimum Gasteiger partial charge on any atom is -0.330 e. The first-order valence-corrected chi connectivity index (χ1v) is 10.5. The van der Waals surface area contributed by atoms with Gasteiger partial charge in [0.05, 0.1) is 5.69 Å². The molecule has 0 amide bonds. The Morgan fingerprint density at radius 3 is 2.48 bits per heavy atom. The van der Waals surface area contributed by atoms with E-state index in [0.717, 1.165) is 24.2 Å². The molecule has 0 unspecified atom stereocenters. The minimum atomic E-state index is -0.515. The van der Waals surface area contributed by atoms with E-state index in [1.54, 1.807) is 12.1 Å². The summed E-state index contributed by atoms with van der Waals surface area (Å²) in [6, 6.07) is 12.3. The summed E-state index contributed by atoms with van der Waals surface area (Å²) in [5, 5.41) is 0. The minimum absolute atomic E-state index is 0.208. The fourth-order valence-corrected chi connectivity index (χ4v) is 3.61. The van der Waals surface area contributed by atoms with Crippen LogP contribution in [0.3, 0.4) is 0 Å². The van der Waals surface area contributed by atoms with Crippen molar-refractivity contribution in [2.45, 2.75) is 45.7 Å². The molecule has 0 fully saturated rings. The molecule has 1 atom stereocenters. The van der Waals surface area contributed by atoms with Gasteiger partial charge < -0.3 is 10.3 Å². The lowest BCUT2D eigenvalue weighted by molar-refractivity contribution is 0.350. The Kier molecular flexibility index (Phi) is 7.55. The number of benzene rings is 2. The monoisotopic (exact) mass is 428 g/mol. The number of hydrogen-bond donors (Lipinski definition) is 1.